The number of aromatic nitrogens is 1. The molecule has 0 aliphatic carbocycles. The Labute approximate surface area is 108 Å². The molecular formula is C11H9Cl2NOS. The molecule has 0 aliphatic rings. The molecule has 2 rings (SSSR count). The molecule has 16 heavy (non-hydrogen) atoms. The van der Waals surface area contributed by atoms with E-state index in [2.05, 4.69) is 4.98 Å². The molecule has 0 saturated carbocycles. The molecule has 2 nitrogen and oxygen atoms in total. The zero-order valence-electron chi connectivity index (χ0n) is 8.32. The molecule has 0 saturated heterocycles. The monoisotopic (exact) mass is 273 g/mol. The zero-order valence-corrected chi connectivity index (χ0v) is 10.6. The second kappa shape index (κ2) is 5.53. The fourth-order valence-electron chi connectivity index (χ4n) is 1.28. The molecule has 0 fully saturated rings. The zero-order chi connectivity index (χ0) is 11.4. The van der Waals surface area contributed by atoms with Crippen LogP contribution in [0.1, 0.15) is 10.6 Å². The number of alkyl halides is 1. The molecule has 0 aliphatic heterocycles. The van der Waals surface area contributed by atoms with Crippen LogP contribution in [-0.2, 0) is 12.5 Å². The normalized spacial score (nSPS) is 10.4. The van der Waals surface area contributed by atoms with Crippen LogP contribution in [0.25, 0.3) is 0 Å². The number of benzene rings is 1. The number of para-hydroxylation sites is 1. The Bertz CT molecular complexity index is 459. The van der Waals surface area contributed by atoms with Gasteiger partial charge in [-0.2, -0.15) is 0 Å². The Morgan fingerprint density at radius 3 is 2.94 bits per heavy atom. The quantitative estimate of drug-likeness (QED) is 0.782. The van der Waals surface area contributed by atoms with Gasteiger partial charge in [-0.05, 0) is 6.07 Å². The molecule has 1 aromatic carbocycles. The number of hydrogen-bond donors (Lipinski definition) is 0. The minimum absolute atomic E-state index is 0.383. The van der Waals surface area contributed by atoms with E-state index in [9.17, 15) is 0 Å². The molecule has 1 aromatic heterocycles. The van der Waals surface area contributed by atoms with E-state index in [1.165, 1.54) is 0 Å². The third-order valence-corrected chi connectivity index (χ3v) is 3.35. The number of hydrogen-bond acceptors (Lipinski definition) is 3. The number of ether oxygens (including phenoxy) is 1. The van der Waals surface area contributed by atoms with Crippen molar-refractivity contribution in [3.05, 3.63) is 45.4 Å². The Kier molecular flexibility index (Phi) is 4.04. The molecular weight excluding hydrogens is 265 g/mol. The third-order valence-electron chi connectivity index (χ3n) is 2.02. The Morgan fingerprint density at radius 1 is 1.38 bits per heavy atom. The van der Waals surface area contributed by atoms with Gasteiger partial charge in [0.2, 0.25) is 0 Å². The number of halogens is 2. The van der Waals surface area contributed by atoms with Crippen LogP contribution in [0.2, 0.25) is 5.02 Å². The molecule has 1 heterocycles. The topological polar surface area (TPSA) is 22.1 Å². The van der Waals surface area contributed by atoms with E-state index in [0.29, 0.717) is 23.3 Å². The highest BCUT2D eigenvalue weighted by Crippen LogP contribution is 2.30. The highest BCUT2D eigenvalue weighted by Gasteiger charge is 2.08. The molecule has 5 heteroatoms. The standard InChI is InChI=1S/C11H9Cl2NOS/c12-6-8-2-1-3-9(13)11(8)15-7-10-14-4-5-16-10/h1-5H,6-7H2. The Morgan fingerprint density at radius 2 is 2.25 bits per heavy atom. The molecule has 0 radical (unpaired) electrons. The highest BCUT2D eigenvalue weighted by molar-refractivity contribution is 7.09. The van der Waals surface area contributed by atoms with Crippen molar-refractivity contribution in [3.63, 3.8) is 0 Å². The first kappa shape index (κ1) is 11.7. The van der Waals surface area contributed by atoms with E-state index in [4.69, 9.17) is 27.9 Å². The van der Waals surface area contributed by atoms with Gasteiger partial charge in [0.25, 0.3) is 0 Å². The summed E-state index contributed by atoms with van der Waals surface area (Å²) in [5.74, 6) is 1.03. The maximum absolute atomic E-state index is 6.05. The summed E-state index contributed by atoms with van der Waals surface area (Å²) in [5, 5.41) is 3.41. The SMILES string of the molecule is ClCc1cccc(Cl)c1OCc1nccs1. The van der Waals surface area contributed by atoms with Crippen LogP contribution in [-0.4, -0.2) is 4.98 Å². The molecule has 0 spiro atoms. The van der Waals surface area contributed by atoms with Crippen LogP contribution >= 0.6 is 34.5 Å². The molecule has 0 amide bonds. The van der Waals surface area contributed by atoms with Crippen LogP contribution in [0.3, 0.4) is 0 Å². The second-order valence-electron chi connectivity index (χ2n) is 3.08. The molecule has 0 atom stereocenters. The summed E-state index contributed by atoms with van der Waals surface area (Å²) < 4.78 is 5.63. The summed E-state index contributed by atoms with van der Waals surface area (Å²) >= 11 is 13.4. The maximum Gasteiger partial charge on any atom is 0.142 e. The Balaban J connectivity index is 2.14. The smallest absolute Gasteiger partial charge is 0.142 e. The third kappa shape index (κ3) is 2.67. The molecule has 0 bridgehead atoms. The average molecular weight is 274 g/mol. The second-order valence-corrected chi connectivity index (χ2v) is 4.73. The number of rotatable bonds is 4. The van der Waals surface area contributed by atoms with Crippen LogP contribution < -0.4 is 4.74 Å². The van der Waals surface area contributed by atoms with Crippen LogP contribution in [0, 0.1) is 0 Å². The van der Waals surface area contributed by atoms with Crippen molar-refractivity contribution in [1.82, 2.24) is 4.98 Å². The predicted octanol–water partition coefficient (Wildman–Crippen LogP) is 4.11. The van der Waals surface area contributed by atoms with Gasteiger partial charge in [0.15, 0.2) is 0 Å². The summed E-state index contributed by atoms with van der Waals surface area (Å²) in [4.78, 5) is 4.13. The van der Waals surface area contributed by atoms with Gasteiger partial charge in [-0.15, -0.1) is 22.9 Å². The van der Waals surface area contributed by atoms with Crippen molar-refractivity contribution < 1.29 is 4.74 Å². The summed E-state index contributed by atoms with van der Waals surface area (Å²) in [6.45, 7) is 0.422. The van der Waals surface area contributed by atoms with Crippen molar-refractivity contribution in [2.24, 2.45) is 0 Å². The maximum atomic E-state index is 6.05. The summed E-state index contributed by atoms with van der Waals surface area (Å²) in [5.41, 5.74) is 0.894. The minimum Gasteiger partial charge on any atom is -0.485 e. The lowest BCUT2D eigenvalue weighted by molar-refractivity contribution is 0.303. The van der Waals surface area contributed by atoms with Crippen molar-refractivity contribution >= 4 is 34.5 Å². The van der Waals surface area contributed by atoms with Crippen molar-refractivity contribution in [2.45, 2.75) is 12.5 Å². The summed E-state index contributed by atoms with van der Waals surface area (Å²) in [6, 6.07) is 5.54. The van der Waals surface area contributed by atoms with Crippen LogP contribution in [0.15, 0.2) is 29.8 Å². The fourth-order valence-corrected chi connectivity index (χ4v) is 2.27. The lowest BCUT2D eigenvalue weighted by atomic mass is 10.2. The van der Waals surface area contributed by atoms with Gasteiger partial charge in [-0.25, -0.2) is 4.98 Å². The highest BCUT2D eigenvalue weighted by atomic mass is 35.5. The largest absolute Gasteiger partial charge is 0.485 e. The molecule has 0 unspecified atom stereocenters. The summed E-state index contributed by atoms with van der Waals surface area (Å²) in [6.07, 6.45) is 1.75. The van der Waals surface area contributed by atoms with Gasteiger partial charge in [-0.1, -0.05) is 23.7 Å². The summed E-state index contributed by atoms with van der Waals surface area (Å²) in [7, 11) is 0. The van der Waals surface area contributed by atoms with E-state index in [1.54, 1.807) is 23.6 Å². The number of nitrogens with zero attached hydrogens (tertiary/aromatic N) is 1. The first-order valence-electron chi connectivity index (χ1n) is 4.66. The van der Waals surface area contributed by atoms with Crippen molar-refractivity contribution in [2.75, 3.05) is 0 Å². The molecule has 84 valence electrons. The number of thiazole rings is 1. The lowest BCUT2D eigenvalue weighted by Crippen LogP contribution is -1.98. The van der Waals surface area contributed by atoms with E-state index in [-0.39, 0.29) is 0 Å². The van der Waals surface area contributed by atoms with E-state index < -0.39 is 0 Å². The first-order valence-corrected chi connectivity index (χ1v) is 6.45. The average Bonchev–Trinajstić information content (AvgIpc) is 2.80. The van der Waals surface area contributed by atoms with E-state index in [0.717, 1.165) is 10.6 Å². The fraction of sp³-hybridized carbons (Fsp3) is 0.182. The van der Waals surface area contributed by atoms with Crippen molar-refractivity contribution in [1.29, 1.82) is 0 Å². The van der Waals surface area contributed by atoms with Gasteiger partial charge in [-0.3, -0.25) is 0 Å². The van der Waals surface area contributed by atoms with Crippen LogP contribution in [0.5, 0.6) is 5.75 Å². The van der Waals surface area contributed by atoms with Gasteiger partial charge < -0.3 is 4.74 Å². The van der Waals surface area contributed by atoms with Crippen LogP contribution in [0.4, 0.5) is 0 Å². The minimum atomic E-state index is 0.383. The van der Waals surface area contributed by atoms with Gasteiger partial charge >= 0.3 is 0 Å². The van der Waals surface area contributed by atoms with Gasteiger partial charge in [0, 0.05) is 17.1 Å². The predicted molar refractivity (Wildman–Crippen MR) is 67.5 cm³/mol. The first-order chi connectivity index (χ1) is 7.81. The molecule has 0 N–H and O–H groups in total. The van der Waals surface area contributed by atoms with Gasteiger partial charge in [0.1, 0.15) is 17.4 Å². The lowest BCUT2D eigenvalue weighted by Gasteiger charge is -2.10. The van der Waals surface area contributed by atoms with E-state index in [1.807, 2.05) is 17.5 Å². The van der Waals surface area contributed by atoms with Crippen molar-refractivity contribution in [3.8, 4) is 5.75 Å². The Hall–Kier alpha value is -0.770. The van der Waals surface area contributed by atoms with Gasteiger partial charge in [0.05, 0.1) is 10.9 Å². The molecule has 2 aromatic rings. The van der Waals surface area contributed by atoms with E-state index >= 15 is 0 Å².